The molecule has 1 aliphatic heterocycles. The van der Waals surface area contributed by atoms with Gasteiger partial charge in [0, 0.05) is 18.7 Å². The van der Waals surface area contributed by atoms with Gasteiger partial charge in [0.15, 0.2) is 0 Å². The summed E-state index contributed by atoms with van der Waals surface area (Å²) >= 11 is 0. The van der Waals surface area contributed by atoms with Crippen molar-refractivity contribution in [2.45, 2.75) is 33.1 Å². The molecule has 2 aromatic carbocycles. The Balaban J connectivity index is 1.93. The fourth-order valence-corrected chi connectivity index (χ4v) is 3.26. The first-order valence-electron chi connectivity index (χ1n) is 10.1. The number of hydrogen-bond acceptors (Lipinski definition) is 3. The van der Waals surface area contributed by atoms with Crippen molar-refractivity contribution in [3.8, 4) is 5.75 Å². The Labute approximate surface area is 172 Å². The van der Waals surface area contributed by atoms with Crippen LogP contribution in [0, 0.1) is 5.92 Å². The van der Waals surface area contributed by atoms with Crippen LogP contribution in [0.25, 0.3) is 0 Å². The van der Waals surface area contributed by atoms with Crippen molar-refractivity contribution in [2.75, 3.05) is 18.1 Å². The average molecular weight is 392 g/mol. The van der Waals surface area contributed by atoms with Gasteiger partial charge in [-0.2, -0.15) is 0 Å². The number of hydrogen-bond donors (Lipinski definition) is 1. The monoisotopic (exact) mass is 392 g/mol. The third-order valence-electron chi connectivity index (χ3n) is 4.84. The molecule has 1 heterocycles. The number of ether oxygens (including phenoxy) is 1. The highest BCUT2D eigenvalue weighted by atomic mass is 16.5. The van der Waals surface area contributed by atoms with Gasteiger partial charge in [-0.25, -0.2) is 0 Å². The molecular formula is C24H28N2O3. The molecule has 1 N–H and O–H groups in total. The Hall–Kier alpha value is -3.08. The lowest BCUT2D eigenvalue weighted by Gasteiger charge is -2.26. The van der Waals surface area contributed by atoms with Gasteiger partial charge in [-0.1, -0.05) is 50.2 Å². The van der Waals surface area contributed by atoms with Crippen LogP contribution >= 0.6 is 0 Å². The highest BCUT2D eigenvalue weighted by Gasteiger charge is 2.26. The van der Waals surface area contributed by atoms with E-state index in [-0.39, 0.29) is 24.8 Å². The van der Waals surface area contributed by atoms with Crippen LogP contribution in [0.1, 0.15) is 32.3 Å². The van der Waals surface area contributed by atoms with Gasteiger partial charge in [0.2, 0.25) is 5.91 Å². The number of benzene rings is 2. The molecule has 2 amide bonds. The van der Waals surface area contributed by atoms with Crippen molar-refractivity contribution in [2.24, 2.45) is 5.92 Å². The number of para-hydroxylation sites is 2. The molecule has 0 bridgehead atoms. The summed E-state index contributed by atoms with van der Waals surface area (Å²) in [5, 5.41) is 2.95. The van der Waals surface area contributed by atoms with E-state index >= 15 is 0 Å². The number of carbonyl (C=O) groups excluding carboxylic acids is 2. The van der Waals surface area contributed by atoms with E-state index in [4.69, 9.17) is 4.74 Å². The van der Waals surface area contributed by atoms with Crippen LogP contribution in [0.3, 0.4) is 0 Å². The number of rotatable bonds is 5. The lowest BCUT2D eigenvalue weighted by molar-refractivity contribution is -0.121. The molecule has 0 aromatic heterocycles. The summed E-state index contributed by atoms with van der Waals surface area (Å²) in [7, 11) is 0. The maximum atomic E-state index is 13.2. The average Bonchev–Trinajstić information content (AvgIpc) is 2.72. The SMILES string of the molecule is CC(C)CCNC(=O)/C1=C/COc2ccccc2CCC(=O)N1c1ccccc1. The van der Waals surface area contributed by atoms with Crippen molar-refractivity contribution in [1.82, 2.24) is 5.32 Å². The van der Waals surface area contributed by atoms with Gasteiger partial charge in [0.25, 0.3) is 5.91 Å². The molecular weight excluding hydrogens is 364 g/mol. The number of amides is 2. The summed E-state index contributed by atoms with van der Waals surface area (Å²) in [6.45, 7) is 4.99. The van der Waals surface area contributed by atoms with Gasteiger partial charge in [0.05, 0.1) is 0 Å². The van der Waals surface area contributed by atoms with Gasteiger partial charge in [-0.3, -0.25) is 14.5 Å². The smallest absolute Gasteiger partial charge is 0.268 e. The van der Waals surface area contributed by atoms with E-state index in [1.807, 2.05) is 54.6 Å². The lowest BCUT2D eigenvalue weighted by atomic mass is 10.1. The minimum Gasteiger partial charge on any atom is -0.489 e. The van der Waals surface area contributed by atoms with Crippen LogP contribution in [0.15, 0.2) is 66.4 Å². The molecule has 152 valence electrons. The van der Waals surface area contributed by atoms with E-state index in [1.165, 1.54) is 4.90 Å². The van der Waals surface area contributed by atoms with Crippen molar-refractivity contribution < 1.29 is 14.3 Å². The zero-order chi connectivity index (χ0) is 20.6. The Morgan fingerprint density at radius 3 is 2.55 bits per heavy atom. The summed E-state index contributed by atoms with van der Waals surface area (Å²) < 4.78 is 5.91. The molecule has 0 radical (unpaired) electrons. The second-order valence-corrected chi connectivity index (χ2v) is 7.51. The molecule has 0 aliphatic carbocycles. The van der Waals surface area contributed by atoms with Gasteiger partial charge >= 0.3 is 0 Å². The Kier molecular flexibility index (Phi) is 7.06. The Bertz CT molecular complexity index is 875. The predicted molar refractivity (Wildman–Crippen MR) is 115 cm³/mol. The molecule has 1 aliphatic rings. The molecule has 0 atom stereocenters. The van der Waals surface area contributed by atoms with E-state index in [1.54, 1.807) is 6.08 Å². The predicted octanol–water partition coefficient (Wildman–Crippen LogP) is 4.09. The Morgan fingerprint density at radius 1 is 1.07 bits per heavy atom. The number of nitrogens with one attached hydrogen (secondary N) is 1. The van der Waals surface area contributed by atoms with Crippen LogP contribution in [0.2, 0.25) is 0 Å². The highest BCUT2D eigenvalue weighted by molar-refractivity contribution is 6.08. The summed E-state index contributed by atoms with van der Waals surface area (Å²) in [6.07, 6.45) is 3.41. The molecule has 5 heteroatoms. The van der Waals surface area contributed by atoms with Gasteiger partial charge in [-0.05, 0) is 48.6 Å². The number of nitrogens with zero attached hydrogens (tertiary/aromatic N) is 1. The van der Waals surface area contributed by atoms with Crippen LogP contribution in [0.4, 0.5) is 5.69 Å². The molecule has 5 nitrogen and oxygen atoms in total. The summed E-state index contributed by atoms with van der Waals surface area (Å²) in [6, 6.07) is 17.0. The third-order valence-corrected chi connectivity index (χ3v) is 4.84. The van der Waals surface area contributed by atoms with Crippen molar-refractivity contribution in [3.05, 3.63) is 71.9 Å². The van der Waals surface area contributed by atoms with E-state index in [0.29, 0.717) is 30.3 Å². The maximum absolute atomic E-state index is 13.2. The molecule has 0 saturated carbocycles. The zero-order valence-electron chi connectivity index (χ0n) is 17.1. The molecule has 0 spiro atoms. The quantitative estimate of drug-likeness (QED) is 0.834. The summed E-state index contributed by atoms with van der Waals surface area (Å²) in [5.41, 5.74) is 1.98. The zero-order valence-corrected chi connectivity index (χ0v) is 17.1. The number of aryl methyl sites for hydroxylation is 1. The van der Waals surface area contributed by atoms with Crippen molar-refractivity contribution in [1.29, 1.82) is 0 Å². The molecule has 0 unspecified atom stereocenters. The van der Waals surface area contributed by atoms with Crippen LogP contribution in [0.5, 0.6) is 5.75 Å². The van der Waals surface area contributed by atoms with Crippen LogP contribution in [-0.2, 0) is 16.0 Å². The minimum atomic E-state index is -0.264. The largest absolute Gasteiger partial charge is 0.489 e. The maximum Gasteiger partial charge on any atom is 0.268 e. The molecule has 0 saturated heterocycles. The second kappa shape index (κ2) is 9.92. The second-order valence-electron chi connectivity index (χ2n) is 7.51. The van der Waals surface area contributed by atoms with Crippen molar-refractivity contribution >= 4 is 17.5 Å². The standard InChI is InChI=1S/C24H28N2O3/c1-18(2)14-16-25-24(28)21-15-17-29-22-11-7-6-8-19(22)12-13-23(27)26(21)20-9-4-3-5-10-20/h3-11,15,18H,12-14,16-17H2,1-2H3,(H,25,28)/b21-15-. The fraction of sp³-hybridized carbons (Fsp3) is 0.333. The lowest BCUT2D eigenvalue weighted by Crippen LogP contribution is -2.40. The first-order valence-corrected chi connectivity index (χ1v) is 10.1. The normalized spacial score (nSPS) is 16.4. The van der Waals surface area contributed by atoms with E-state index < -0.39 is 0 Å². The van der Waals surface area contributed by atoms with Gasteiger partial charge < -0.3 is 10.1 Å². The minimum absolute atomic E-state index is 0.113. The molecule has 29 heavy (non-hydrogen) atoms. The van der Waals surface area contributed by atoms with E-state index in [0.717, 1.165) is 17.7 Å². The van der Waals surface area contributed by atoms with Crippen LogP contribution < -0.4 is 15.0 Å². The third kappa shape index (κ3) is 5.47. The van der Waals surface area contributed by atoms with Gasteiger partial charge in [-0.15, -0.1) is 0 Å². The highest BCUT2D eigenvalue weighted by Crippen LogP contribution is 2.25. The Morgan fingerprint density at radius 2 is 1.79 bits per heavy atom. The topological polar surface area (TPSA) is 58.6 Å². The first kappa shape index (κ1) is 20.6. The summed E-state index contributed by atoms with van der Waals surface area (Å²) in [4.78, 5) is 27.7. The summed E-state index contributed by atoms with van der Waals surface area (Å²) in [5.74, 6) is 0.864. The van der Waals surface area contributed by atoms with Crippen LogP contribution in [-0.4, -0.2) is 25.0 Å². The number of fused-ring (bicyclic) bond motifs is 1. The van der Waals surface area contributed by atoms with E-state index in [2.05, 4.69) is 19.2 Å². The molecule has 0 fully saturated rings. The van der Waals surface area contributed by atoms with Gasteiger partial charge in [0.1, 0.15) is 18.1 Å². The first-order chi connectivity index (χ1) is 14.1. The fourth-order valence-electron chi connectivity index (χ4n) is 3.26. The molecule has 2 aromatic rings. The molecule has 3 rings (SSSR count). The van der Waals surface area contributed by atoms with Crippen molar-refractivity contribution in [3.63, 3.8) is 0 Å². The number of anilines is 1. The van der Waals surface area contributed by atoms with E-state index in [9.17, 15) is 9.59 Å². The number of carbonyl (C=O) groups is 2.